The van der Waals surface area contributed by atoms with E-state index in [1.807, 2.05) is 31.2 Å². The highest BCUT2D eigenvalue weighted by Gasteiger charge is 2.17. The number of hydrogen-bond acceptors (Lipinski definition) is 4. The molecule has 1 saturated heterocycles. The molecule has 0 saturated carbocycles. The maximum Gasteiger partial charge on any atom is 0.221 e. The van der Waals surface area contributed by atoms with Gasteiger partial charge in [0.1, 0.15) is 11.9 Å². The van der Waals surface area contributed by atoms with Crippen molar-refractivity contribution in [3.63, 3.8) is 0 Å². The van der Waals surface area contributed by atoms with Crippen LogP contribution in [0.5, 0.6) is 5.75 Å². The topological polar surface area (TPSA) is 59.6 Å². The number of benzene rings is 1. The Kier molecular flexibility index (Phi) is 8.78. The number of nitrogens with one attached hydrogen (secondary N) is 2. The molecule has 2 rings (SSSR count). The van der Waals surface area contributed by atoms with Gasteiger partial charge >= 0.3 is 0 Å². The molecule has 22 heavy (non-hydrogen) atoms. The van der Waals surface area contributed by atoms with Crippen molar-refractivity contribution < 1.29 is 14.3 Å². The minimum Gasteiger partial charge on any atom is -0.489 e. The van der Waals surface area contributed by atoms with E-state index in [2.05, 4.69) is 26.6 Å². The molecule has 0 aliphatic carbocycles. The molecule has 1 heterocycles. The average molecular weight is 394 g/mol. The van der Waals surface area contributed by atoms with Gasteiger partial charge in [-0.25, -0.2) is 0 Å². The van der Waals surface area contributed by atoms with Gasteiger partial charge in [-0.15, -0.1) is 12.4 Å². The number of carbonyl (C=O) groups is 1. The van der Waals surface area contributed by atoms with Gasteiger partial charge < -0.3 is 20.1 Å². The second-order valence-corrected chi connectivity index (χ2v) is 6.03. The normalized spacial score (nSPS) is 18.9. The molecule has 0 bridgehead atoms. The van der Waals surface area contributed by atoms with E-state index < -0.39 is 0 Å². The van der Waals surface area contributed by atoms with Crippen LogP contribution < -0.4 is 15.4 Å². The van der Waals surface area contributed by atoms with Crippen LogP contribution in [0.1, 0.15) is 13.3 Å². The predicted octanol–water partition coefficient (Wildman–Crippen LogP) is 2.13. The Morgan fingerprint density at radius 1 is 1.50 bits per heavy atom. The summed E-state index contributed by atoms with van der Waals surface area (Å²) in [5.41, 5.74) is 0. The van der Waals surface area contributed by atoms with Gasteiger partial charge in [-0.1, -0.05) is 15.9 Å². The molecule has 1 fully saturated rings. The standard InChI is InChI=1S/C15H21BrN2O3.ClH/c1-11(21-14-4-2-12(16)3-5-14)9-18-15(19)8-13-10-20-7-6-17-13;/h2-5,11,13,17H,6-10H2,1H3,(H,18,19);1H. The van der Waals surface area contributed by atoms with Crippen LogP contribution in [0.3, 0.4) is 0 Å². The Bertz CT molecular complexity index is 453. The van der Waals surface area contributed by atoms with Crippen LogP contribution in [0, 0.1) is 0 Å². The zero-order valence-corrected chi connectivity index (χ0v) is 14.9. The van der Waals surface area contributed by atoms with Crippen molar-refractivity contribution in [3.8, 4) is 5.75 Å². The quantitative estimate of drug-likeness (QED) is 0.777. The lowest BCUT2D eigenvalue weighted by Gasteiger charge is -2.23. The number of carbonyl (C=O) groups excluding carboxylic acids is 1. The molecule has 2 atom stereocenters. The summed E-state index contributed by atoms with van der Waals surface area (Å²) >= 11 is 3.38. The lowest BCUT2D eigenvalue weighted by Crippen LogP contribution is -2.45. The van der Waals surface area contributed by atoms with Crippen LogP contribution >= 0.6 is 28.3 Å². The number of halogens is 2. The first-order valence-corrected chi connectivity index (χ1v) is 7.93. The predicted molar refractivity (Wildman–Crippen MR) is 91.7 cm³/mol. The summed E-state index contributed by atoms with van der Waals surface area (Å²) in [6.45, 7) is 4.54. The third-order valence-electron chi connectivity index (χ3n) is 3.17. The summed E-state index contributed by atoms with van der Waals surface area (Å²) in [6.07, 6.45) is 0.357. The number of amides is 1. The van der Waals surface area contributed by atoms with Crippen LogP contribution in [-0.2, 0) is 9.53 Å². The van der Waals surface area contributed by atoms with Gasteiger partial charge in [0.05, 0.1) is 19.8 Å². The summed E-state index contributed by atoms with van der Waals surface area (Å²) in [5, 5.41) is 6.15. The number of morpholine rings is 1. The molecule has 0 spiro atoms. The highest BCUT2D eigenvalue weighted by molar-refractivity contribution is 9.10. The fraction of sp³-hybridized carbons (Fsp3) is 0.533. The van der Waals surface area contributed by atoms with E-state index in [4.69, 9.17) is 9.47 Å². The first-order valence-electron chi connectivity index (χ1n) is 7.13. The molecular formula is C15H22BrClN2O3. The second-order valence-electron chi connectivity index (χ2n) is 5.12. The largest absolute Gasteiger partial charge is 0.489 e. The van der Waals surface area contributed by atoms with Crippen LogP contribution in [-0.4, -0.2) is 44.4 Å². The summed E-state index contributed by atoms with van der Waals surface area (Å²) in [5.74, 6) is 0.812. The summed E-state index contributed by atoms with van der Waals surface area (Å²) < 4.78 is 12.1. The molecule has 1 aromatic rings. The number of ether oxygens (including phenoxy) is 2. The van der Waals surface area contributed by atoms with Crippen LogP contribution in [0.4, 0.5) is 0 Å². The van der Waals surface area contributed by atoms with Crippen molar-refractivity contribution in [1.82, 2.24) is 10.6 Å². The van der Waals surface area contributed by atoms with Gasteiger partial charge in [-0.05, 0) is 31.2 Å². The fourth-order valence-electron chi connectivity index (χ4n) is 2.09. The lowest BCUT2D eigenvalue weighted by molar-refractivity contribution is -0.122. The molecule has 7 heteroatoms. The van der Waals surface area contributed by atoms with Crippen LogP contribution in [0.15, 0.2) is 28.7 Å². The van der Waals surface area contributed by atoms with Gasteiger partial charge in [0.2, 0.25) is 5.91 Å². The molecule has 124 valence electrons. The van der Waals surface area contributed by atoms with Crippen molar-refractivity contribution in [2.24, 2.45) is 0 Å². The number of hydrogen-bond donors (Lipinski definition) is 2. The Morgan fingerprint density at radius 3 is 2.86 bits per heavy atom. The zero-order valence-electron chi connectivity index (χ0n) is 12.5. The highest BCUT2D eigenvalue weighted by Crippen LogP contribution is 2.17. The van der Waals surface area contributed by atoms with Gasteiger partial charge in [0.15, 0.2) is 0 Å². The first-order chi connectivity index (χ1) is 10.1. The molecule has 1 aliphatic heterocycles. The van der Waals surface area contributed by atoms with Crippen molar-refractivity contribution in [2.45, 2.75) is 25.5 Å². The average Bonchev–Trinajstić information content (AvgIpc) is 2.49. The molecule has 1 aromatic carbocycles. The number of rotatable bonds is 6. The first kappa shape index (κ1) is 19.2. The second kappa shape index (κ2) is 10.0. The highest BCUT2D eigenvalue weighted by atomic mass is 79.9. The van der Waals surface area contributed by atoms with Crippen LogP contribution in [0.25, 0.3) is 0 Å². The third kappa shape index (κ3) is 6.96. The van der Waals surface area contributed by atoms with Gasteiger partial charge in [-0.3, -0.25) is 4.79 Å². The summed E-state index contributed by atoms with van der Waals surface area (Å²) in [6, 6.07) is 7.75. The minimum atomic E-state index is -0.0781. The summed E-state index contributed by atoms with van der Waals surface area (Å²) in [4.78, 5) is 11.8. The van der Waals surface area contributed by atoms with Gasteiger partial charge in [0, 0.05) is 23.5 Å². The fourth-order valence-corrected chi connectivity index (χ4v) is 2.36. The Labute approximate surface area is 145 Å². The van der Waals surface area contributed by atoms with Crippen LogP contribution in [0.2, 0.25) is 0 Å². The SMILES string of the molecule is CC(CNC(=O)CC1COCCN1)Oc1ccc(Br)cc1.Cl. The van der Waals surface area contributed by atoms with Crippen molar-refractivity contribution in [3.05, 3.63) is 28.7 Å². The van der Waals surface area contributed by atoms with Gasteiger partial charge in [-0.2, -0.15) is 0 Å². The van der Waals surface area contributed by atoms with Crippen molar-refractivity contribution in [2.75, 3.05) is 26.3 Å². The van der Waals surface area contributed by atoms with Crippen molar-refractivity contribution >= 4 is 34.2 Å². The van der Waals surface area contributed by atoms with E-state index in [1.165, 1.54) is 0 Å². The Balaban J connectivity index is 0.00000242. The molecule has 0 aromatic heterocycles. The maximum atomic E-state index is 11.8. The van der Waals surface area contributed by atoms with Crippen molar-refractivity contribution in [1.29, 1.82) is 0 Å². The van der Waals surface area contributed by atoms with E-state index >= 15 is 0 Å². The zero-order chi connectivity index (χ0) is 15.1. The van der Waals surface area contributed by atoms with E-state index in [9.17, 15) is 4.79 Å². The molecule has 0 radical (unpaired) electrons. The molecule has 2 unspecified atom stereocenters. The maximum absolute atomic E-state index is 11.8. The molecular weight excluding hydrogens is 372 g/mol. The Hall–Kier alpha value is -0.820. The molecule has 1 amide bonds. The molecule has 2 N–H and O–H groups in total. The van der Waals surface area contributed by atoms with E-state index in [0.717, 1.165) is 23.4 Å². The molecule has 5 nitrogen and oxygen atoms in total. The van der Waals surface area contributed by atoms with E-state index in [-0.39, 0.29) is 30.5 Å². The van der Waals surface area contributed by atoms with Gasteiger partial charge in [0.25, 0.3) is 0 Å². The smallest absolute Gasteiger partial charge is 0.221 e. The Morgan fingerprint density at radius 2 is 2.23 bits per heavy atom. The summed E-state index contributed by atoms with van der Waals surface area (Å²) in [7, 11) is 0. The molecule has 1 aliphatic rings. The van der Waals surface area contributed by atoms with E-state index in [0.29, 0.717) is 19.6 Å². The minimum absolute atomic E-state index is 0. The monoisotopic (exact) mass is 392 g/mol. The third-order valence-corrected chi connectivity index (χ3v) is 3.70. The lowest BCUT2D eigenvalue weighted by atomic mass is 10.2. The van der Waals surface area contributed by atoms with E-state index in [1.54, 1.807) is 0 Å².